The first-order valence-electron chi connectivity index (χ1n) is 6.14. The molecule has 0 amide bonds. The first-order valence-corrected chi connectivity index (χ1v) is 7.88. The Hall–Kier alpha value is -0.850. The Balaban J connectivity index is 2.47. The van der Waals surface area contributed by atoms with Crippen LogP contribution in [0, 0.1) is 17.5 Å². The molecule has 2 rings (SSSR count). The van der Waals surface area contributed by atoms with Gasteiger partial charge >= 0.3 is 0 Å². The molecule has 0 radical (unpaired) electrons. The molecule has 1 aromatic carbocycles. The van der Waals surface area contributed by atoms with Gasteiger partial charge in [0.05, 0.1) is 6.04 Å². The molecule has 6 heteroatoms. The first kappa shape index (κ1) is 15.5. The van der Waals surface area contributed by atoms with E-state index in [0.29, 0.717) is 6.54 Å². The molecule has 1 heterocycles. The Kier molecular flexibility index (Phi) is 5.23. The second-order valence-electron chi connectivity index (χ2n) is 4.33. The van der Waals surface area contributed by atoms with Crippen molar-refractivity contribution in [2.45, 2.75) is 19.4 Å². The second kappa shape index (κ2) is 6.74. The Morgan fingerprint density at radius 1 is 1.15 bits per heavy atom. The van der Waals surface area contributed by atoms with E-state index in [2.05, 4.69) is 21.2 Å². The Morgan fingerprint density at radius 2 is 1.90 bits per heavy atom. The second-order valence-corrected chi connectivity index (χ2v) is 5.92. The summed E-state index contributed by atoms with van der Waals surface area (Å²) < 4.78 is 41.3. The number of halogens is 4. The van der Waals surface area contributed by atoms with Crippen molar-refractivity contribution in [2.24, 2.45) is 0 Å². The van der Waals surface area contributed by atoms with Crippen molar-refractivity contribution in [3.63, 3.8) is 0 Å². The summed E-state index contributed by atoms with van der Waals surface area (Å²) in [5.41, 5.74) is 0.921. The van der Waals surface area contributed by atoms with Crippen molar-refractivity contribution in [3.8, 4) is 0 Å². The molecule has 0 spiro atoms. The lowest BCUT2D eigenvalue weighted by molar-refractivity contribution is 0.432. The average molecular weight is 364 g/mol. The SMILES string of the molecule is CCCNC(c1cscc1Br)c1ccc(F)c(F)c1F. The smallest absolute Gasteiger partial charge is 0.194 e. The molecule has 1 N–H and O–H groups in total. The van der Waals surface area contributed by atoms with Crippen LogP contribution in [0.2, 0.25) is 0 Å². The maximum absolute atomic E-state index is 14.0. The molecular formula is C14H13BrF3NS. The quantitative estimate of drug-likeness (QED) is 0.735. The summed E-state index contributed by atoms with van der Waals surface area (Å²) in [6, 6.07) is 1.73. The highest BCUT2D eigenvalue weighted by molar-refractivity contribution is 9.10. The van der Waals surface area contributed by atoms with Crippen molar-refractivity contribution >= 4 is 27.3 Å². The number of benzene rings is 1. The Morgan fingerprint density at radius 3 is 2.50 bits per heavy atom. The van der Waals surface area contributed by atoms with E-state index in [1.54, 1.807) is 0 Å². The van der Waals surface area contributed by atoms with Gasteiger partial charge in [0.25, 0.3) is 0 Å². The van der Waals surface area contributed by atoms with E-state index in [0.717, 1.165) is 22.5 Å². The van der Waals surface area contributed by atoms with Gasteiger partial charge in [-0.2, -0.15) is 11.3 Å². The molecule has 0 aliphatic carbocycles. The maximum atomic E-state index is 14.0. The van der Waals surface area contributed by atoms with Crippen LogP contribution in [0.15, 0.2) is 27.4 Å². The van der Waals surface area contributed by atoms with Crippen molar-refractivity contribution in [3.05, 3.63) is 55.9 Å². The molecule has 0 aliphatic heterocycles. The highest BCUT2D eigenvalue weighted by atomic mass is 79.9. The third kappa shape index (κ3) is 3.07. The van der Waals surface area contributed by atoms with Crippen LogP contribution in [0.3, 0.4) is 0 Å². The minimum atomic E-state index is -1.43. The van der Waals surface area contributed by atoms with Gasteiger partial charge in [0, 0.05) is 15.4 Å². The van der Waals surface area contributed by atoms with Crippen molar-refractivity contribution in [1.82, 2.24) is 5.32 Å². The number of thiophene rings is 1. The van der Waals surface area contributed by atoms with Crippen LogP contribution in [-0.2, 0) is 0 Å². The van der Waals surface area contributed by atoms with Gasteiger partial charge in [0.2, 0.25) is 0 Å². The summed E-state index contributed by atoms with van der Waals surface area (Å²) in [6.45, 7) is 2.62. The normalized spacial score (nSPS) is 12.7. The predicted octanol–water partition coefficient (Wildman–Crippen LogP) is 5.02. The summed E-state index contributed by atoms with van der Waals surface area (Å²) in [5, 5.41) is 6.89. The molecule has 0 aliphatic rings. The fourth-order valence-electron chi connectivity index (χ4n) is 1.94. The van der Waals surface area contributed by atoms with Gasteiger partial charge in [0.1, 0.15) is 0 Å². The van der Waals surface area contributed by atoms with Gasteiger partial charge in [-0.15, -0.1) is 0 Å². The van der Waals surface area contributed by atoms with E-state index >= 15 is 0 Å². The third-order valence-electron chi connectivity index (χ3n) is 2.93. The predicted molar refractivity (Wildman–Crippen MR) is 78.5 cm³/mol. The Bertz CT molecular complexity index is 600. The van der Waals surface area contributed by atoms with E-state index < -0.39 is 23.5 Å². The highest BCUT2D eigenvalue weighted by Gasteiger charge is 2.23. The molecule has 0 saturated heterocycles. The van der Waals surface area contributed by atoms with Gasteiger partial charge in [-0.25, -0.2) is 13.2 Å². The molecule has 1 unspecified atom stereocenters. The van der Waals surface area contributed by atoms with E-state index in [1.807, 2.05) is 17.7 Å². The molecule has 20 heavy (non-hydrogen) atoms. The van der Waals surface area contributed by atoms with E-state index in [4.69, 9.17) is 0 Å². The van der Waals surface area contributed by atoms with E-state index in [1.165, 1.54) is 17.4 Å². The first-order chi connectivity index (χ1) is 9.56. The zero-order valence-electron chi connectivity index (χ0n) is 10.7. The summed E-state index contributed by atoms with van der Waals surface area (Å²) in [5.74, 6) is -3.75. The zero-order valence-corrected chi connectivity index (χ0v) is 13.1. The molecule has 108 valence electrons. The fraction of sp³-hybridized carbons (Fsp3) is 0.286. The highest BCUT2D eigenvalue weighted by Crippen LogP contribution is 2.33. The number of hydrogen-bond acceptors (Lipinski definition) is 2. The van der Waals surface area contributed by atoms with Gasteiger partial charge < -0.3 is 5.32 Å². The van der Waals surface area contributed by atoms with Crippen LogP contribution in [-0.4, -0.2) is 6.54 Å². The number of hydrogen-bond donors (Lipinski definition) is 1. The number of rotatable bonds is 5. The fourth-order valence-corrected chi connectivity index (χ4v) is 3.49. The summed E-state index contributed by atoms with van der Waals surface area (Å²) >= 11 is 4.85. The van der Waals surface area contributed by atoms with E-state index in [-0.39, 0.29) is 5.56 Å². The van der Waals surface area contributed by atoms with Gasteiger partial charge in [-0.05, 0) is 45.9 Å². The molecule has 0 bridgehead atoms. The van der Waals surface area contributed by atoms with Crippen LogP contribution in [0.4, 0.5) is 13.2 Å². The molecular weight excluding hydrogens is 351 g/mol. The maximum Gasteiger partial charge on any atom is 0.194 e. The van der Waals surface area contributed by atoms with Gasteiger partial charge in [0.15, 0.2) is 17.5 Å². The lowest BCUT2D eigenvalue weighted by Gasteiger charge is -2.20. The van der Waals surface area contributed by atoms with Crippen LogP contribution < -0.4 is 5.32 Å². The molecule has 0 fully saturated rings. The molecule has 1 nitrogen and oxygen atoms in total. The Labute approximate surface area is 128 Å². The zero-order chi connectivity index (χ0) is 14.7. The monoisotopic (exact) mass is 363 g/mol. The van der Waals surface area contributed by atoms with Gasteiger partial charge in [-0.1, -0.05) is 13.0 Å². The third-order valence-corrected chi connectivity index (χ3v) is 4.68. The molecule has 2 aromatic rings. The van der Waals surface area contributed by atoms with Crippen LogP contribution in [0.1, 0.15) is 30.5 Å². The molecule has 1 atom stereocenters. The minimum absolute atomic E-state index is 0.108. The van der Waals surface area contributed by atoms with Crippen LogP contribution >= 0.6 is 27.3 Å². The van der Waals surface area contributed by atoms with Crippen molar-refractivity contribution in [1.29, 1.82) is 0 Å². The van der Waals surface area contributed by atoms with E-state index in [9.17, 15) is 13.2 Å². The van der Waals surface area contributed by atoms with Crippen molar-refractivity contribution in [2.75, 3.05) is 6.54 Å². The summed E-state index contributed by atoms with van der Waals surface area (Å²) in [4.78, 5) is 0. The average Bonchev–Trinajstić information content (AvgIpc) is 2.85. The lowest BCUT2D eigenvalue weighted by Crippen LogP contribution is -2.24. The lowest BCUT2D eigenvalue weighted by atomic mass is 10.00. The summed E-state index contributed by atoms with van der Waals surface area (Å²) in [7, 11) is 0. The minimum Gasteiger partial charge on any atom is -0.306 e. The standard InChI is InChI=1S/C14H13BrF3NS/c1-2-5-19-14(9-6-20-7-10(9)15)8-3-4-11(16)13(18)12(8)17/h3-4,6-7,14,19H,2,5H2,1H3. The van der Waals surface area contributed by atoms with Crippen molar-refractivity contribution < 1.29 is 13.2 Å². The van der Waals surface area contributed by atoms with Gasteiger partial charge in [-0.3, -0.25) is 0 Å². The van der Waals surface area contributed by atoms with Crippen LogP contribution in [0.25, 0.3) is 0 Å². The molecule has 0 saturated carbocycles. The number of nitrogens with one attached hydrogen (secondary N) is 1. The largest absolute Gasteiger partial charge is 0.306 e. The van der Waals surface area contributed by atoms with Crippen LogP contribution in [0.5, 0.6) is 0 Å². The summed E-state index contributed by atoms with van der Waals surface area (Å²) in [6.07, 6.45) is 0.851. The topological polar surface area (TPSA) is 12.0 Å². The molecule has 1 aromatic heterocycles.